The number of aromatic nitrogens is 5. The number of imidazole rings is 1. The first kappa shape index (κ1) is 23.6. The number of carbonyl (C=O) groups excluding carboxylic acids is 1. The van der Waals surface area contributed by atoms with E-state index < -0.39 is 0 Å². The molecule has 4 aromatic rings. The lowest BCUT2D eigenvalue weighted by atomic mass is 9.99. The largest absolute Gasteiger partial charge is 0.381 e. The summed E-state index contributed by atoms with van der Waals surface area (Å²) >= 11 is 0. The Balaban J connectivity index is 1.51. The van der Waals surface area contributed by atoms with Crippen LogP contribution in [0.4, 0.5) is 9.18 Å². The average molecular weight is 504 g/mol. The van der Waals surface area contributed by atoms with Crippen molar-refractivity contribution in [1.82, 2.24) is 34.5 Å². The number of nitrogens with zero attached hydrogens (tertiary/aromatic N) is 6. The summed E-state index contributed by atoms with van der Waals surface area (Å²) < 4.78 is 25.2. The minimum absolute atomic E-state index is 0.150. The number of hydrogen-bond donors (Lipinski definition) is 1. The van der Waals surface area contributed by atoms with Crippen molar-refractivity contribution in [2.24, 2.45) is 7.05 Å². The fourth-order valence-corrected chi connectivity index (χ4v) is 5.63. The number of fused-ring (bicyclic) bond motifs is 2. The normalized spacial score (nSPS) is 16.3. The first-order chi connectivity index (χ1) is 17.9. The SMILES string of the molecule is CNC(=O)N1CCn2c(C3CCOCC3)nc(-c3c(F)ccc4cc(-c5cn(C)nc5C)ncc34)c2C1. The smallest absolute Gasteiger partial charge is 0.317 e. The molecule has 192 valence electrons. The minimum atomic E-state index is -0.351. The van der Waals surface area contributed by atoms with Gasteiger partial charge in [-0.1, -0.05) is 6.07 Å². The quantitative estimate of drug-likeness (QED) is 0.457. The Hall–Kier alpha value is -3.79. The number of benzene rings is 1. The summed E-state index contributed by atoms with van der Waals surface area (Å²) in [5, 5.41) is 8.71. The number of urea groups is 1. The van der Waals surface area contributed by atoms with Crippen LogP contribution in [0.25, 0.3) is 33.3 Å². The predicted molar refractivity (Wildman–Crippen MR) is 138 cm³/mol. The summed E-state index contributed by atoms with van der Waals surface area (Å²) in [6, 6.07) is 5.10. The first-order valence-electron chi connectivity index (χ1n) is 12.7. The Morgan fingerprint density at radius 1 is 1.22 bits per heavy atom. The number of halogens is 1. The molecule has 2 aliphatic heterocycles. The third-order valence-electron chi connectivity index (χ3n) is 7.50. The zero-order valence-corrected chi connectivity index (χ0v) is 21.3. The molecule has 0 bridgehead atoms. The second kappa shape index (κ2) is 9.26. The lowest BCUT2D eigenvalue weighted by Gasteiger charge is -2.30. The van der Waals surface area contributed by atoms with Gasteiger partial charge in [-0.15, -0.1) is 0 Å². The first-order valence-corrected chi connectivity index (χ1v) is 12.7. The summed E-state index contributed by atoms with van der Waals surface area (Å²) in [7, 11) is 3.51. The summed E-state index contributed by atoms with van der Waals surface area (Å²) in [5.41, 5.74) is 4.49. The van der Waals surface area contributed by atoms with Crippen LogP contribution in [-0.2, 0) is 24.9 Å². The number of hydrogen-bond acceptors (Lipinski definition) is 5. The average Bonchev–Trinajstić information content (AvgIpc) is 3.47. The van der Waals surface area contributed by atoms with Gasteiger partial charge in [0.2, 0.25) is 0 Å². The van der Waals surface area contributed by atoms with Crippen LogP contribution >= 0.6 is 0 Å². The molecule has 37 heavy (non-hydrogen) atoms. The molecule has 1 aromatic carbocycles. The monoisotopic (exact) mass is 503 g/mol. The zero-order chi connectivity index (χ0) is 25.7. The molecule has 2 amide bonds. The molecule has 0 spiro atoms. The van der Waals surface area contributed by atoms with Gasteiger partial charge in [-0.3, -0.25) is 9.67 Å². The second-order valence-corrected chi connectivity index (χ2v) is 9.80. The predicted octanol–water partition coefficient (Wildman–Crippen LogP) is 4.00. The van der Waals surface area contributed by atoms with Crippen molar-refractivity contribution in [3.63, 3.8) is 0 Å². The summed E-state index contributed by atoms with van der Waals surface area (Å²) in [4.78, 5) is 24.0. The van der Waals surface area contributed by atoms with Crippen LogP contribution in [0.3, 0.4) is 0 Å². The van der Waals surface area contributed by atoms with Gasteiger partial charge >= 0.3 is 6.03 Å². The highest BCUT2D eigenvalue weighted by atomic mass is 19.1. The van der Waals surface area contributed by atoms with Crippen molar-refractivity contribution in [3.8, 4) is 22.5 Å². The van der Waals surface area contributed by atoms with Gasteiger partial charge in [0.25, 0.3) is 0 Å². The van der Waals surface area contributed by atoms with E-state index in [4.69, 9.17) is 14.7 Å². The number of ether oxygens (including phenoxy) is 1. The standard InChI is InChI=1S/C27H30FN7O2/c1-16-20(14-33(3)32-16)22-12-18-4-5-21(28)24(19(18)13-30-22)25-23-15-34(27(36)29-2)8-9-35(23)26(31-25)17-6-10-37-11-7-17/h4-5,12-14,17H,6-11,15H2,1-3H3,(H,29,36). The highest BCUT2D eigenvalue weighted by molar-refractivity contribution is 5.97. The molecular formula is C27H30FN7O2. The number of carbonyl (C=O) groups is 1. The van der Waals surface area contributed by atoms with Crippen molar-refractivity contribution in [2.75, 3.05) is 26.8 Å². The van der Waals surface area contributed by atoms with Gasteiger partial charge in [-0.25, -0.2) is 14.2 Å². The van der Waals surface area contributed by atoms with Gasteiger partial charge in [-0.05, 0) is 37.3 Å². The van der Waals surface area contributed by atoms with Crippen molar-refractivity contribution in [3.05, 3.63) is 53.6 Å². The molecule has 2 aliphatic rings. The van der Waals surface area contributed by atoms with E-state index in [0.717, 1.165) is 46.7 Å². The van der Waals surface area contributed by atoms with Crippen molar-refractivity contribution >= 4 is 16.8 Å². The number of nitrogens with one attached hydrogen (secondary N) is 1. The molecule has 1 fully saturated rings. The van der Waals surface area contributed by atoms with Gasteiger partial charge in [-0.2, -0.15) is 5.10 Å². The molecule has 0 aliphatic carbocycles. The van der Waals surface area contributed by atoms with Crippen LogP contribution in [0.5, 0.6) is 0 Å². The van der Waals surface area contributed by atoms with Crippen molar-refractivity contribution in [1.29, 1.82) is 0 Å². The summed E-state index contributed by atoms with van der Waals surface area (Å²) in [5.74, 6) is 0.844. The maximum Gasteiger partial charge on any atom is 0.317 e. The number of amides is 2. The lowest BCUT2D eigenvalue weighted by Crippen LogP contribution is -2.43. The Morgan fingerprint density at radius 2 is 2.03 bits per heavy atom. The molecule has 9 nitrogen and oxygen atoms in total. The number of pyridine rings is 1. The van der Waals surface area contributed by atoms with Gasteiger partial charge in [0.15, 0.2) is 0 Å². The maximum absolute atomic E-state index is 15.6. The van der Waals surface area contributed by atoms with Gasteiger partial charge < -0.3 is 19.5 Å². The highest BCUT2D eigenvalue weighted by Crippen LogP contribution is 2.39. The zero-order valence-electron chi connectivity index (χ0n) is 21.3. The molecular weight excluding hydrogens is 473 g/mol. The second-order valence-electron chi connectivity index (χ2n) is 9.80. The summed E-state index contributed by atoms with van der Waals surface area (Å²) in [6.45, 7) is 4.89. The lowest BCUT2D eigenvalue weighted by molar-refractivity contribution is 0.0823. The number of aryl methyl sites for hydroxylation is 2. The Bertz CT molecular complexity index is 1500. The highest BCUT2D eigenvalue weighted by Gasteiger charge is 2.32. The van der Waals surface area contributed by atoms with E-state index in [1.54, 1.807) is 28.9 Å². The van der Waals surface area contributed by atoms with E-state index in [1.807, 2.05) is 26.2 Å². The van der Waals surface area contributed by atoms with E-state index in [2.05, 4.69) is 15.0 Å². The van der Waals surface area contributed by atoms with Crippen LogP contribution in [0, 0.1) is 12.7 Å². The Kier molecular flexibility index (Phi) is 5.91. The summed E-state index contributed by atoms with van der Waals surface area (Å²) in [6.07, 6.45) is 5.42. The third-order valence-corrected chi connectivity index (χ3v) is 7.50. The van der Waals surface area contributed by atoms with Crippen LogP contribution in [0.2, 0.25) is 0 Å². The maximum atomic E-state index is 15.6. The van der Waals surface area contributed by atoms with Gasteiger partial charge in [0.1, 0.15) is 11.6 Å². The Labute approximate surface area is 214 Å². The van der Waals surface area contributed by atoms with Crippen LogP contribution in [0.1, 0.15) is 36.0 Å². The van der Waals surface area contributed by atoms with Crippen LogP contribution < -0.4 is 5.32 Å². The molecule has 0 saturated carbocycles. The van der Waals surface area contributed by atoms with Gasteiger partial charge in [0, 0.05) is 75.2 Å². The van der Waals surface area contributed by atoms with Crippen LogP contribution in [-0.4, -0.2) is 62.1 Å². The van der Waals surface area contributed by atoms with Crippen LogP contribution in [0.15, 0.2) is 30.6 Å². The third kappa shape index (κ3) is 4.05. The fourth-order valence-electron chi connectivity index (χ4n) is 5.63. The van der Waals surface area contributed by atoms with E-state index >= 15 is 4.39 Å². The molecule has 3 aromatic heterocycles. The van der Waals surface area contributed by atoms with Crippen molar-refractivity contribution < 1.29 is 13.9 Å². The van der Waals surface area contributed by atoms with Crippen molar-refractivity contribution in [2.45, 2.75) is 38.8 Å². The number of rotatable bonds is 3. The molecule has 1 N–H and O–H groups in total. The topological polar surface area (TPSA) is 90.1 Å². The molecule has 0 unspecified atom stereocenters. The van der Waals surface area contributed by atoms with E-state index in [0.29, 0.717) is 49.5 Å². The molecule has 6 rings (SSSR count). The fraction of sp³-hybridized carbons (Fsp3) is 0.407. The molecule has 0 radical (unpaired) electrons. The molecule has 10 heteroatoms. The molecule has 5 heterocycles. The minimum Gasteiger partial charge on any atom is -0.381 e. The van der Waals surface area contributed by atoms with E-state index in [9.17, 15) is 4.79 Å². The van der Waals surface area contributed by atoms with Gasteiger partial charge in [0.05, 0.1) is 29.3 Å². The van der Waals surface area contributed by atoms with E-state index in [-0.39, 0.29) is 17.8 Å². The van der Waals surface area contributed by atoms with E-state index in [1.165, 1.54) is 6.07 Å². The Morgan fingerprint density at radius 3 is 2.76 bits per heavy atom. The molecule has 0 atom stereocenters. The molecule has 1 saturated heterocycles.